The normalized spacial score (nSPS) is 26.1. The molecule has 21 heavy (non-hydrogen) atoms. The van der Waals surface area contributed by atoms with Crippen molar-refractivity contribution in [2.75, 3.05) is 13.1 Å². The van der Waals surface area contributed by atoms with E-state index in [0.717, 1.165) is 12.6 Å². The molecule has 2 aromatic rings. The summed E-state index contributed by atoms with van der Waals surface area (Å²) in [7, 11) is 0. The molecule has 0 spiro atoms. The molecular formula is C16H22N4S. The second kappa shape index (κ2) is 5.91. The predicted molar refractivity (Wildman–Crippen MR) is 86.4 cm³/mol. The van der Waals surface area contributed by atoms with E-state index in [1.165, 1.54) is 54.9 Å². The van der Waals surface area contributed by atoms with Crippen LogP contribution in [0.1, 0.15) is 31.2 Å². The van der Waals surface area contributed by atoms with Crippen LogP contribution in [0.25, 0.3) is 10.6 Å². The molecule has 2 aromatic heterocycles. The molecule has 0 aromatic carbocycles. The van der Waals surface area contributed by atoms with Crippen molar-refractivity contribution in [2.45, 2.75) is 44.3 Å². The monoisotopic (exact) mass is 302 g/mol. The van der Waals surface area contributed by atoms with Gasteiger partial charge in [0.15, 0.2) is 0 Å². The van der Waals surface area contributed by atoms with Crippen LogP contribution in [0.15, 0.2) is 23.7 Å². The number of thiophene rings is 1. The van der Waals surface area contributed by atoms with Gasteiger partial charge in [-0.15, -0.1) is 11.3 Å². The Morgan fingerprint density at radius 1 is 1.38 bits per heavy atom. The minimum Gasteiger partial charge on any atom is -0.310 e. The molecule has 0 bridgehead atoms. The van der Waals surface area contributed by atoms with Crippen LogP contribution < -0.4 is 5.32 Å². The second-order valence-electron chi connectivity index (χ2n) is 6.18. The van der Waals surface area contributed by atoms with Gasteiger partial charge in [-0.3, -0.25) is 5.10 Å². The fraction of sp³-hybridized carbons (Fsp3) is 0.562. The van der Waals surface area contributed by atoms with E-state index in [1.807, 2.05) is 6.20 Å². The highest BCUT2D eigenvalue weighted by Gasteiger charge is 2.31. The van der Waals surface area contributed by atoms with Gasteiger partial charge in [-0.25, -0.2) is 0 Å². The average Bonchev–Trinajstić information content (AvgIpc) is 3.24. The van der Waals surface area contributed by atoms with E-state index in [-0.39, 0.29) is 0 Å². The van der Waals surface area contributed by atoms with E-state index in [9.17, 15) is 0 Å². The number of fused-ring (bicyclic) bond motifs is 1. The number of piperidine rings is 1. The van der Waals surface area contributed by atoms with Gasteiger partial charge < -0.3 is 10.2 Å². The van der Waals surface area contributed by atoms with E-state index in [4.69, 9.17) is 0 Å². The fourth-order valence-corrected chi connectivity index (χ4v) is 4.50. The van der Waals surface area contributed by atoms with Crippen LogP contribution in [0, 0.1) is 0 Å². The summed E-state index contributed by atoms with van der Waals surface area (Å²) in [5, 5.41) is 13.2. The Kier molecular flexibility index (Phi) is 3.80. The first kappa shape index (κ1) is 13.5. The third-order valence-corrected chi connectivity index (χ3v) is 5.77. The third-order valence-electron chi connectivity index (χ3n) is 4.89. The van der Waals surface area contributed by atoms with Crippen molar-refractivity contribution in [3.63, 3.8) is 0 Å². The van der Waals surface area contributed by atoms with Crippen LogP contribution >= 0.6 is 11.3 Å². The Morgan fingerprint density at radius 2 is 2.38 bits per heavy atom. The summed E-state index contributed by atoms with van der Waals surface area (Å²) in [4.78, 5) is 3.95. The summed E-state index contributed by atoms with van der Waals surface area (Å²) in [5.41, 5.74) is 2.46. The van der Waals surface area contributed by atoms with Gasteiger partial charge in [0.1, 0.15) is 0 Å². The third kappa shape index (κ3) is 2.78. The van der Waals surface area contributed by atoms with Crippen LogP contribution in [-0.4, -0.2) is 40.3 Å². The van der Waals surface area contributed by atoms with Gasteiger partial charge in [0.2, 0.25) is 0 Å². The number of hydrogen-bond acceptors (Lipinski definition) is 4. The lowest BCUT2D eigenvalue weighted by Gasteiger charge is -2.35. The van der Waals surface area contributed by atoms with E-state index >= 15 is 0 Å². The number of rotatable bonds is 4. The topological polar surface area (TPSA) is 44.0 Å². The van der Waals surface area contributed by atoms with Gasteiger partial charge in [-0.2, -0.15) is 5.10 Å². The minimum atomic E-state index is 0.662. The molecule has 112 valence electrons. The predicted octanol–water partition coefficient (Wildman–Crippen LogP) is 2.85. The maximum Gasteiger partial charge on any atom is 0.0794 e. The van der Waals surface area contributed by atoms with Crippen molar-refractivity contribution < 1.29 is 0 Å². The van der Waals surface area contributed by atoms with Crippen LogP contribution in [0.3, 0.4) is 0 Å². The number of nitrogens with one attached hydrogen (secondary N) is 2. The van der Waals surface area contributed by atoms with Gasteiger partial charge >= 0.3 is 0 Å². The highest BCUT2D eigenvalue weighted by molar-refractivity contribution is 7.13. The Bertz CT molecular complexity index is 577. The molecular weight excluding hydrogens is 280 g/mol. The highest BCUT2D eigenvalue weighted by atomic mass is 32.1. The Balaban J connectivity index is 1.38. The molecule has 2 saturated heterocycles. The van der Waals surface area contributed by atoms with Gasteiger partial charge in [-0.05, 0) is 50.2 Å². The quantitative estimate of drug-likeness (QED) is 0.913. The Morgan fingerprint density at radius 3 is 3.29 bits per heavy atom. The van der Waals surface area contributed by atoms with E-state index in [1.54, 1.807) is 11.3 Å². The Hall–Kier alpha value is -1.17. The molecule has 4 rings (SSSR count). The summed E-state index contributed by atoms with van der Waals surface area (Å²) < 4.78 is 0. The molecule has 4 nitrogen and oxygen atoms in total. The first-order valence-corrected chi connectivity index (χ1v) is 8.81. The molecule has 2 atom stereocenters. The zero-order valence-corrected chi connectivity index (χ0v) is 13.0. The second-order valence-corrected chi connectivity index (χ2v) is 7.13. The van der Waals surface area contributed by atoms with Crippen molar-refractivity contribution in [1.82, 2.24) is 20.4 Å². The maximum atomic E-state index is 4.23. The summed E-state index contributed by atoms with van der Waals surface area (Å²) in [6.45, 7) is 3.51. The van der Waals surface area contributed by atoms with Gasteiger partial charge in [0, 0.05) is 24.2 Å². The van der Waals surface area contributed by atoms with Crippen LogP contribution in [0.5, 0.6) is 0 Å². The van der Waals surface area contributed by atoms with Crippen molar-refractivity contribution in [2.24, 2.45) is 0 Å². The number of aromatic nitrogens is 2. The highest BCUT2D eigenvalue weighted by Crippen LogP contribution is 2.28. The van der Waals surface area contributed by atoms with Gasteiger partial charge in [-0.1, -0.05) is 6.07 Å². The van der Waals surface area contributed by atoms with E-state index in [0.29, 0.717) is 6.04 Å². The number of hydrogen-bond donors (Lipinski definition) is 2. The summed E-state index contributed by atoms with van der Waals surface area (Å²) in [6.07, 6.45) is 7.34. The lowest BCUT2D eigenvalue weighted by atomic mass is 9.97. The zero-order chi connectivity index (χ0) is 14.1. The molecule has 0 aliphatic carbocycles. The standard InChI is InChI=1S/C16H22N4S/c1-3-14-9-13(5-7-20(14)6-1)17-10-12-11-18-19-16(12)15-4-2-8-21-15/h2,4,8,11,13-14,17H,1,3,5-7,9-10H2,(H,18,19). The average molecular weight is 302 g/mol. The molecule has 2 unspecified atom stereocenters. The molecule has 0 radical (unpaired) electrons. The van der Waals surface area contributed by atoms with Gasteiger partial charge in [0.05, 0.1) is 16.8 Å². The number of aromatic amines is 1. The lowest BCUT2D eigenvalue weighted by Crippen LogP contribution is -2.45. The van der Waals surface area contributed by atoms with Crippen molar-refractivity contribution >= 4 is 11.3 Å². The molecule has 0 saturated carbocycles. The lowest BCUT2D eigenvalue weighted by molar-refractivity contribution is 0.166. The molecule has 2 N–H and O–H groups in total. The minimum absolute atomic E-state index is 0.662. The van der Waals surface area contributed by atoms with E-state index < -0.39 is 0 Å². The molecule has 4 heterocycles. The largest absolute Gasteiger partial charge is 0.310 e. The van der Waals surface area contributed by atoms with Crippen LogP contribution in [-0.2, 0) is 6.54 Å². The molecule has 2 aliphatic heterocycles. The van der Waals surface area contributed by atoms with Crippen molar-refractivity contribution in [3.8, 4) is 10.6 Å². The molecule has 2 aliphatic rings. The van der Waals surface area contributed by atoms with E-state index in [2.05, 4.69) is 37.9 Å². The van der Waals surface area contributed by atoms with Crippen molar-refractivity contribution in [1.29, 1.82) is 0 Å². The maximum absolute atomic E-state index is 4.23. The van der Waals surface area contributed by atoms with Crippen molar-refractivity contribution in [3.05, 3.63) is 29.3 Å². The molecule has 5 heteroatoms. The summed E-state index contributed by atoms with van der Waals surface area (Å²) >= 11 is 1.76. The number of nitrogens with zero attached hydrogens (tertiary/aromatic N) is 2. The number of H-pyrrole nitrogens is 1. The zero-order valence-electron chi connectivity index (χ0n) is 12.2. The summed E-state index contributed by atoms with van der Waals surface area (Å²) in [6, 6.07) is 5.74. The first-order valence-electron chi connectivity index (χ1n) is 7.94. The molecule has 0 amide bonds. The van der Waals surface area contributed by atoms with Crippen LogP contribution in [0.2, 0.25) is 0 Å². The first-order chi connectivity index (χ1) is 10.4. The smallest absolute Gasteiger partial charge is 0.0794 e. The fourth-order valence-electron chi connectivity index (χ4n) is 3.74. The molecule has 2 fully saturated rings. The Labute approximate surface area is 129 Å². The van der Waals surface area contributed by atoms with Crippen LogP contribution in [0.4, 0.5) is 0 Å². The SMILES string of the molecule is c1csc(-c2[nH]ncc2CNC2CCN3CCCC3C2)c1. The summed E-state index contributed by atoms with van der Waals surface area (Å²) in [5.74, 6) is 0. The van der Waals surface area contributed by atoms with Gasteiger partial charge in [0.25, 0.3) is 0 Å².